The maximum atomic E-state index is 13.9. The summed E-state index contributed by atoms with van der Waals surface area (Å²) < 4.78 is 80.6. The van der Waals surface area contributed by atoms with Gasteiger partial charge in [-0.2, -0.15) is 0 Å². The van der Waals surface area contributed by atoms with Crippen molar-refractivity contribution in [3.8, 4) is 0 Å². The Kier molecular flexibility index (Phi) is 20.0. The highest BCUT2D eigenvalue weighted by atomic mass is 16.8. The molecule has 12 atom stereocenters. The molecule has 0 amide bonds. The van der Waals surface area contributed by atoms with Gasteiger partial charge in [-0.3, -0.25) is 24.0 Å². The van der Waals surface area contributed by atoms with Crippen LogP contribution in [0.2, 0.25) is 0 Å². The van der Waals surface area contributed by atoms with Crippen molar-refractivity contribution in [1.82, 2.24) is 0 Å². The van der Waals surface area contributed by atoms with Crippen LogP contribution in [-0.4, -0.2) is 123 Å². The first-order chi connectivity index (χ1) is 34.9. The van der Waals surface area contributed by atoms with Crippen molar-refractivity contribution in [3.63, 3.8) is 0 Å². The number of esters is 4. The molecule has 4 aromatic carbocycles. The van der Waals surface area contributed by atoms with Gasteiger partial charge in [0, 0.05) is 33.8 Å². The Balaban J connectivity index is 1.20. The zero-order valence-corrected chi connectivity index (χ0v) is 40.4. The van der Waals surface area contributed by atoms with Crippen LogP contribution >= 0.6 is 0 Å². The molecule has 3 aliphatic heterocycles. The molecule has 0 aromatic heterocycles. The van der Waals surface area contributed by atoms with Crippen molar-refractivity contribution in [3.05, 3.63) is 156 Å². The molecule has 4 aromatic rings. The highest BCUT2D eigenvalue weighted by Gasteiger charge is 2.55. The Morgan fingerprint density at radius 2 is 0.903 bits per heavy atom. The molecule has 18 nitrogen and oxygen atoms in total. The smallest absolute Gasteiger partial charge is 0.303 e. The average molecular weight is 997 g/mol. The molecule has 0 saturated carbocycles. The van der Waals surface area contributed by atoms with Gasteiger partial charge in [-0.1, -0.05) is 121 Å². The molecule has 2 fully saturated rings. The average Bonchev–Trinajstić information content (AvgIpc) is 3.37. The van der Waals surface area contributed by atoms with E-state index >= 15 is 0 Å². The summed E-state index contributed by atoms with van der Waals surface area (Å²) in [6, 6.07) is 38.6. The predicted octanol–water partition coefficient (Wildman–Crippen LogP) is 5.65. The lowest BCUT2D eigenvalue weighted by atomic mass is 9.97. The van der Waals surface area contributed by atoms with Gasteiger partial charge in [0.25, 0.3) is 0 Å². The lowest BCUT2D eigenvalue weighted by Gasteiger charge is -2.46. The summed E-state index contributed by atoms with van der Waals surface area (Å²) in [5.41, 5.74) is 3.61. The van der Waals surface area contributed by atoms with E-state index in [1.165, 1.54) is 6.26 Å². The third kappa shape index (κ3) is 15.6. The van der Waals surface area contributed by atoms with Crippen LogP contribution in [0.5, 0.6) is 0 Å². The van der Waals surface area contributed by atoms with Crippen molar-refractivity contribution >= 4 is 29.7 Å². The van der Waals surface area contributed by atoms with E-state index in [2.05, 4.69) is 0 Å². The summed E-state index contributed by atoms with van der Waals surface area (Å²) in [5, 5.41) is 0. The van der Waals surface area contributed by atoms with Crippen molar-refractivity contribution in [2.75, 3.05) is 19.8 Å². The predicted molar refractivity (Wildman–Crippen MR) is 252 cm³/mol. The Morgan fingerprint density at radius 3 is 1.43 bits per heavy atom. The van der Waals surface area contributed by atoms with E-state index in [1.807, 2.05) is 121 Å². The Bertz CT molecular complexity index is 2370. The van der Waals surface area contributed by atoms with Crippen LogP contribution in [0.25, 0.3) is 0 Å². The Hall–Kier alpha value is -6.35. The fraction of sp³-hybridized carbons (Fsp3) is 0.426. The van der Waals surface area contributed by atoms with E-state index in [0.29, 0.717) is 0 Å². The first-order valence-electron chi connectivity index (χ1n) is 23.6. The van der Waals surface area contributed by atoms with Crippen LogP contribution in [0.4, 0.5) is 0 Å². The van der Waals surface area contributed by atoms with Gasteiger partial charge in [0.2, 0.25) is 0 Å². The van der Waals surface area contributed by atoms with E-state index < -0.39 is 110 Å². The number of carbonyl (C=O) groups is 5. The van der Waals surface area contributed by atoms with Gasteiger partial charge in [0.15, 0.2) is 48.9 Å². The summed E-state index contributed by atoms with van der Waals surface area (Å²) in [4.78, 5) is 63.4. The lowest BCUT2D eigenvalue weighted by molar-refractivity contribution is -0.336. The number of rotatable bonds is 23. The second-order valence-corrected chi connectivity index (χ2v) is 17.2. The molecule has 2 saturated heterocycles. The fourth-order valence-corrected chi connectivity index (χ4v) is 8.35. The van der Waals surface area contributed by atoms with E-state index in [-0.39, 0.29) is 39.6 Å². The quantitative estimate of drug-likeness (QED) is 0.0650. The molecular formula is C54H60O18. The van der Waals surface area contributed by atoms with Crippen LogP contribution in [0.3, 0.4) is 0 Å². The SMILES string of the molecule is CC(=O)OC[C@H]1O[C@@H](O[C@H]2C(=O)C=CO[C@H]2CO[C@@H]2O[C@H](COCc3ccccc3)[C@H](OCc3ccccc3)[C@H](OCc3ccccc3)[C@H]2OCc2ccccc2)[C@H](OC(C)=O)[C@@H](OC(C)=O)[C@@H]1OC(C)=O. The van der Waals surface area contributed by atoms with E-state index in [9.17, 15) is 24.0 Å². The van der Waals surface area contributed by atoms with Crippen LogP contribution in [0.15, 0.2) is 134 Å². The lowest BCUT2D eigenvalue weighted by Crippen LogP contribution is -2.64. The van der Waals surface area contributed by atoms with Crippen molar-refractivity contribution < 1.29 is 85.6 Å². The molecule has 3 aliphatic rings. The van der Waals surface area contributed by atoms with Crippen molar-refractivity contribution in [2.24, 2.45) is 0 Å². The first kappa shape index (κ1) is 53.4. The third-order valence-corrected chi connectivity index (χ3v) is 11.6. The molecule has 0 spiro atoms. The number of ketones is 1. The minimum atomic E-state index is -1.70. The Morgan fingerprint density at radius 1 is 0.444 bits per heavy atom. The van der Waals surface area contributed by atoms with Gasteiger partial charge in [0.1, 0.15) is 37.1 Å². The third-order valence-electron chi connectivity index (χ3n) is 11.6. The van der Waals surface area contributed by atoms with Crippen LogP contribution in [-0.2, 0) is 112 Å². The zero-order valence-electron chi connectivity index (χ0n) is 40.4. The molecule has 72 heavy (non-hydrogen) atoms. The van der Waals surface area contributed by atoms with Gasteiger partial charge in [0.05, 0.1) is 45.9 Å². The largest absolute Gasteiger partial charge is 0.492 e. The van der Waals surface area contributed by atoms with E-state index in [4.69, 9.17) is 61.6 Å². The topological polar surface area (TPSA) is 205 Å². The van der Waals surface area contributed by atoms with Gasteiger partial charge in [-0.05, 0) is 22.3 Å². The maximum Gasteiger partial charge on any atom is 0.303 e. The minimum Gasteiger partial charge on any atom is -0.492 e. The number of carbonyl (C=O) groups excluding carboxylic acids is 5. The summed E-state index contributed by atoms with van der Waals surface area (Å²) in [5.74, 6) is -3.81. The van der Waals surface area contributed by atoms with E-state index in [0.717, 1.165) is 56.0 Å². The summed E-state index contributed by atoms with van der Waals surface area (Å²) >= 11 is 0. The zero-order chi connectivity index (χ0) is 50.8. The second-order valence-electron chi connectivity index (χ2n) is 17.2. The van der Waals surface area contributed by atoms with Gasteiger partial charge >= 0.3 is 23.9 Å². The van der Waals surface area contributed by atoms with Crippen molar-refractivity contribution in [2.45, 2.75) is 128 Å². The number of ether oxygens (including phenoxy) is 13. The standard InChI is InChI=1S/C54H60O18/c1-34(55)62-33-45-48(67-35(2)56)50(68-36(3)57)52(69-37(4)58)54(71-45)72-46-42(59)25-26-61-43(46)32-66-53-51(65-30-41-23-15-8-16-24-41)49(64-29-40-21-13-7-14-22-40)47(63-28-39-19-11-6-12-20-39)44(70-53)31-60-27-38-17-9-5-10-18-38/h5-26,43-54H,27-33H2,1-4H3/t43-,44+,45+,46-,47-,48+,49-,50-,51+,52+,53+,54-/m0/s1. The number of benzene rings is 4. The van der Waals surface area contributed by atoms with Gasteiger partial charge < -0.3 is 61.6 Å². The Labute approximate surface area is 417 Å². The molecule has 0 N–H and O–H groups in total. The van der Waals surface area contributed by atoms with E-state index in [1.54, 1.807) is 0 Å². The number of hydrogen-bond donors (Lipinski definition) is 0. The van der Waals surface area contributed by atoms with Crippen molar-refractivity contribution in [1.29, 1.82) is 0 Å². The first-order valence-corrected chi connectivity index (χ1v) is 23.6. The highest BCUT2D eigenvalue weighted by molar-refractivity contribution is 5.94. The summed E-state index contributed by atoms with van der Waals surface area (Å²) in [6.45, 7) is 4.37. The molecule has 3 heterocycles. The van der Waals surface area contributed by atoms with Crippen LogP contribution < -0.4 is 0 Å². The van der Waals surface area contributed by atoms with Crippen LogP contribution in [0, 0.1) is 0 Å². The molecule has 7 rings (SSSR count). The van der Waals surface area contributed by atoms with Gasteiger partial charge in [-0.25, -0.2) is 0 Å². The monoisotopic (exact) mass is 996 g/mol. The van der Waals surface area contributed by atoms with Gasteiger partial charge in [-0.15, -0.1) is 0 Å². The normalized spacial score (nSPS) is 27.0. The molecule has 0 bridgehead atoms. The number of hydrogen-bond acceptors (Lipinski definition) is 18. The molecular weight excluding hydrogens is 937 g/mol. The molecule has 0 radical (unpaired) electrons. The molecule has 18 heteroatoms. The molecule has 0 unspecified atom stereocenters. The second kappa shape index (κ2) is 26.9. The maximum absolute atomic E-state index is 13.9. The highest BCUT2D eigenvalue weighted by Crippen LogP contribution is 2.34. The summed E-state index contributed by atoms with van der Waals surface area (Å²) in [7, 11) is 0. The summed E-state index contributed by atoms with van der Waals surface area (Å²) in [6.07, 6.45) is -12.7. The fourth-order valence-electron chi connectivity index (χ4n) is 8.35. The molecule has 0 aliphatic carbocycles. The molecule has 384 valence electrons. The minimum absolute atomic E-state index is 0.0423. The van der Waals surface area contributed by atoms with Crippen LogP contribution in [0.1, 0.15) is 49.9 Å².